The van der Waals surface area contributed by atoms with Gasteiger partial charge in [-0.15, -0.1) is 0 Å². The van der Waals surface area contributed by atoms with Crippen molar-refractivity contribution in [2.45, 2.75) is 26.0 Å². The first-order chi connectivity index (χ1) is 19.6. The van der Waals surface area contributed by atoms with Gasteiger partial charge in [-0.3, -0.25) is 14.4 Å². The number of nitrogens with zero attached hydrogens (tertiary/aromatic N) is 2. The van der Waals surface area contributed by atoms with Gasteiger partial charge in [0.15, 0.2) is 0 Å². The van der Waals surface area contributed by atoms with Gasteiger partial charge < -0.3 is 24.6 Å². The normalized spacial score (nSPS) is 19.9. The average molecular weight is 566 g/mol. The number of amides is 3. The first-order valence-corrected chi connectivity index (χ1v) is 13.3. The summed E-state index contributed by atoms with van der Waals surface area (Å²) >= 11 is 0. The van der Waals surface area contributed by atoms with Crippen LogP contribution in [-0.2, 0) is 4.74 Å². The summed E-state index contributed by atoms with van der Waals surface area (Å²) in [5, 5.41) is 2.74. The van der Waals surface area contributed by atoms with Crippen LogP contribution >= 0.6 is 0 Å². The third kappa shape index (κ3) is 7.07. The molecule has 216 valence electrons. The van der Waals surface area contributed by atoms with E-state index in [2.05, 4.69) is 5.32 Å². The number of rotatable bonds is 4. The molecular formula is C31H33F2N3O5. The fraction of sp³-hybridized carbons (Fsp3) is 0.323. The molecule has 1 aliphatic heterocycles. The Bertz CT molecular complexity index is 1400. The highest BCUT2D eigenvalue weighted by Gasteiger charge is 2.31. The summed E-state index contributed by atoms with van der Waals surface area (Å²) in [5.41, 5.74) is 1.25. The number of fused-ring (bicyclic) bond motifs is 1. The van der Waals surface area contributed by atoms with E-state index < -0.39 is 23.6 Å². The highest BCUT2D eigenvalue weighted by molar-refractivity contribution is 6.05. The summed E-state index contributed by atoms with van der Waals surface area (Å²) in [4.78, 5) is 42.9. The van der Waals surface area contributed by atoms with Crippen molar-refractivity contribution in [1.29, 1.82) is 0 Å². The number of hydrogen-bond acceptors (Lipinski definition) is 5. The van der Waals surface area contributed by atoms with E-state index in [1.54, 1.807) is 37.3 Å². The van der Waals surface area contributed by atoms with Crippen molar-refractivity contribution in [3.05, 3.63) is 95.1 Å². The summed E-state index contributed by atoms with van der Waals surface area (Å²) < 4.78 is 38.7. The van der Waals surface area contributed by atoms with Crippen LogP contribution in [0.15, 0.2) is 66.7 Å². The minimum Gasteiger partial charge on any atom is -0.491 e. The second kappa shape index (κ2) is 12.9. The fourth-order valence-corrected chi connectivity index (χ4v) is 4.70. The van der Waals surface area contributed by atoms with Crippen LogP contribution in [0.1, 0.15) is 44.9 Å². The van der Waals surface area contributed by atoms with Crippen LogP contribution in [-0.4, -0.2) is 73.5 Å². The van der Waals surface area contributed by atoms with E-state index >= 15 is 0 Å². The number of methoxy groups -OCH3 is 1. The number of carbonyl (C=O) groups is 3. The summed E-state index contributed by atoms with van der Waals surface area (Å²) in [5.74, 6) is -1.85. The van der Waals surface area contributed by atoms with E-state index in [1.165, 1.54) is 53.4 Å². The zero-order valence-electron chi connectivity index (χ0n) is 23.4. The Morgan fingerprint density at radius 3 is 2.15 bits per heavy atom. The second-order valence-corrected chi connectivity index (χ2v) is 10.2. The monoisotopic (exact) mass is 565 g/mol. The molecule has 3 atom stereocenters. The topological polar surface area (TPSA) is 88.2 Å². The Balaban J connectivity index is 1.66. The van der Waals surface area contributed by atoms with E-state index in [-0.39, 0.29) is 53.9 Å². The number of anilines is 1. The highest BCUT2D eigenvalue weighted by Crippen LogP contribution is 2.27. The molecule has 1 heterocycles. The molecule has 1 aliphatic rings. The number of likely N-dealkylation sites (N-methyl/N-ethyl adjacent to an activating group) is 1. The summed E-state index contributed by atoms with van der Waals surface area (Å²) in [6.07, 6.45) is -0.377. The van der Waals surface area contributed by atoms with Crippen LogP contribution in [0.5, 0.6) is 5.75 Å². The van der Waals surface area contributed by atoms with Gasteiger partial charge in [0.1, 0.15) is 24.0 Å². The molecule has 0 saturated heterocycles. The zero-order chi connectivity index (χ0) is 29.7. The predicted octanol–water partition coefficient (Wildman–Crippen LogP) is 4.86. The van der Waals surface area contributed by atoms with Crippen molar-refractivity contribution in [3.63, 3.8) is 0 Å². The maximum absolute atomic E-state index is 13.5. The summed E-state index contributed by atoms with van der Waals surface area (Å²) in [6, 6.07) is 14.8. The minimum absolute atomic E-state index is 0.0384. The first kappa shape index (κ1) is 29.7. The molecule has 1 N–H and O–H groups in total. The van der Waals surface area contributed by atoms with Crippen LogP contribution in [0.2, 0.25) is 0 Å². The molecule has 0 unspecified atom stereocenters. The maximum atomic E-state index is 13.5. The molecular weight excluding hydrogens is 532 g/mol. The molecule has 0 radical (unpaired) electrons. The molecule has 0 aliphatic carbocycles. The van der Waals surface area contributed by atoms with Crippen LogP contribution in [0.25, 0.3) is 0 Å². The number of halogens is 2. The summed E-state index contributed by atoms with van der Waals surface area (Å²) in [7, 11) is 3.22. The van der Waals surface area contributed by atoms with Crippen molar-refractivity contribution < 1.29 is 32.6 Å². The van der Waals surface area contributed by atoms with Gasteiger partial charge in [-0.05, 0) is 67.6 Å². The number of ether oxygens (including phenoxy) is 2. The molecule has 0 saturated carbocycles. The molecule has 0 spiro atoms. The lowest BCUT2D eigenvalue weighted by atomic mass is 10.0. The van der Waals surface area contributed by atoms with Crippen molar-refractivity contribution in [3.8, 4) is 5.75 Å². The van der Waals surface area contributed by atoms with Gasteiger partial charge in [0.25, 0.3) is 17.7 Å². The molecule has 0 bridgehead atoms. The van der Waals surface area contributed by atoms with E-state index in [9.17, 15) is 23.2 Å². The van der Waals surface area contributed by atoms with Crippen LogP contribution in [0.3, 0.4) is 0 Å². The molecule has 4 rings (SSSR count). The van der Waals surface area contributed by atoms with E-state index in [0.29, 0.717) is 17.8 Å². The molecule has 3 aromatic rings. The van der Waals surface area contributed by atoms with Gasteiger partial charge in [0.05, 0.1) is 17.7 Å². The lowest BCUT2D eigenvalue weighted by Gasteiger charge is -2.36. The van der Waals surface area contributed by atoms with Crippen molar-refractivity contribution in [2.24, 2.45) is 5.92 Å². The molecule has 41 heavy (non-hydrogen) atoms. The van der Waals surface area contributed by atoms with Crippen LogP contribution in [0, 0.1) is 17.6 Å². The molecule has 0 fully saturated rings. The van der Waals surface area contributed by atoms with Gasteiger partial charge in [0, 0.05) is 56.0 Å². The number of benzene rings is 3. The molecule has 3 amide bonds. The molecule has 0 aromatic heterocycles. The van der Waals surface area contributed by atoms with Crippen LogP contribution in [0.4, 0.5) is 14.5 Å². The van der Waals surface area contributed by atoms with Crippen LogP contribution < -0.4 is 10.1 Å². The third-order valence-corrected chi connectivity index (χ3v) is 7.16. The molecule has 3 aromatic carbocycles. The highest BCUT2D eigenvalue weighted by atomic mass is 19.1. The van der Waals surface area contributed by atoms with Gasteiger partial charge in [0.2, 0.25) is 0 Å². The van der Waals surface area contributed by atoms with Crippen molar-refractivity contribution in [2.75, 3.05) is 39.2 Å². The number of carbonyl (C=O) groups excluding carboxylic acids is 3. The lowest BCUT2D eigenvalue weighted by molar-refractivity contribution is 0.0111. The van der Waals surface area contributed by atoms with Crippen molar-refractivity contribution >= 4 is 23.4 Å². The summed E-state index contributed by atoms with van der Waals surface area (Å²) in [6.45, 7) is 4.38. The Kier molecular flexibility index (Phi) is 9.34. The largest absolute Gasteiger partial charge is 0.491 e. The predicted molar refractivity (Wildman–Crippen MR) is 150 cm³/mol. The quantitative estimate of drug-likeness (QED) is 0.488. The Hall–Kier alpha value is -4.31. The Morgan fingerprint density at radius 1 is 0.927 bits per heavy atom. The van der Waals surface area contributed by atoms with Gasteiger partial charge in [-0.2, -0.15) is 0 Å². The van der Waals surface area contributed by atoms with E-state index in [0.717, 1.165) is 0 Å². The average Bonchev–Trinajstić information content (AvgIpc) is 2.96. The van der Waals surface area contributed by atoms with Crippen molar-refractivity contribution in [1.82, 2.24) is 9.80 Å². The second-order valence-electron chi connectivity index (χ2n) is 10.2. The Labute approximate surface area is 237 Å². The SMILES string of the molecule is CO[C@H]1CN(C)C(=O)c2ccc(NC(=O)c3ccc(F)cc3)cc2OC[C@H](C)N(C(=O)c2ccc(F)cc2)C[C@@H]1C. The van der Waals surface area contributed by atoms with Gasteiger partial charge >= 0.3 is 0 Å². The first-order valence-electron chi connectivity index (χ1n) is 13.3. The minimum atomic E-state index is -0.456. The third-order valence-electron chi connectivity index (χ3n) is 7.16. The maximum Gasteiger partial charge on any atom is 0.257 e. The molecule has 8 nitrogen and oxygen atoms in total. The lowest BCUT2D eigenvalue weighted by Crippen LogP contribution is -2.48. The van der Waals surface area contributed by atoms with E-state index in [1.807, 2.05) is 13.8 Å². The number of nitrogens with one attached hydrogen (secondary N) is 1. The smallest absolute Gasteiger partial charge is 0.257 e. The van der Waals surface area contributed by atoms with E-state index in [4.69, 9.17) is 9.47 Å². The zero-order valence-corrected chi connectivity index (χ0v) is 23.4. The number of hydrogen-bond donors (Lipinski definition) is 1. The Morgan fingerprint density at radius 2 is 1.54 bits per heavy atom. The van der Waals surface area contributed by atoms with Gasteiger partial charge in [-0.25, -0.2) is 8.78 Å². The fourth-order valence-electron chi connectivity index (χ4n) is 4.70. The molecule has 10 heteroatoms. The standard InChI is InChI=1S/C31H33F2N3O5/c1-19-16-36(30(38)22-7-11-24(33)12-8-22)20(2)18-41-27-15-25(34-29(37)21-5-9-23(32)10-6-21)13-14-26(27)31(39)35(3)17-28(19)40-4/h5-15,19-20,28H,16-18H2,1-4H3,(H,34,37)/t19-,20-,28-/m0/s1. The van der Waals surface area contributed by atoms with Gasteiger partial charge in [-0.1, -0.05) is 6.92 Å².